The van der Waals surface area contributed by atoms with Crippen molar-refractivity contribution in [2.45, 2.75) is 51.8 Å². The predicted octanol–water partition coefficient (Wildman–Crippen LogP) is 4.68. The van der Waals surface area contributed by atoms with Crippen LogP contribution in [-0.2, 0) is 31.9 Å². The number of carbonyl (C=O) groups is 1. The molecule has 0 spiro atoms. The summed E-state index contributed by atoms with van der Waals surface area (Å²) < 4.78 is 82.1. The van der Waals surface area contributed by atoms with Crippen LogP contribution in [0.15, 0.2) is 47.7 Å². The first-order valence-corrected chi connectivity index (χ1v) is 10.7. The number of imidazole rings is 1. The van der Waals surface area contributed by atoms with Gasteiger partial charge in [0.05, 0.1) is 23.1 Å². The molecule has 186 valence electrons. The van der Waals surface area contributed by atoms with Crippen LogP contribution in [0, 0.1) is 0 Å². The minimum Gasteiger partial charge on any atom is -0.329 e. The van der Waals surface area contributed by atoms with Gasteiger partial charge in [-0.25, -0.2) is 4.98 Å². The molecule has 2 aromatic heterocycles. The molecule has 6 nitrogen and oxygen atoms in total. The number of halogens is 6. The van der Waals surface area contributed by atoms with E-state index in [1.54, 1.807) is 13.1 Å². The zero-order valence-corrected chi connectivity index (χ0v) is 18.6. The Morgan fingerprint density at radius 3 is 2.17 bits per heavy atom. The summed E-state index contributed by atoms with van der Waals surface area (Å²) >= 11 is 0. The van der Waals surface area contributed by atoms with Gasteiger partial charge in [-0.2, -0.15) is 26.3 Å². The fourth-order valence-electron chi connectivity index (χ4n) is 4.05. The van der Waals surface area contributed by atoms with E-state index in [1.165, 1.54) is 27.6 Å². The van der Waals surface area contributed by atoms with Gasteiger partial charge in [0.25, 0.3) is 11.5 Å². The fourth-order valence-corrected chi connectivity index (χ4v) is 4.05. The van der Waals surface area contributed by atoms with Crippen LogP contribution in [0.1, 0.15) is 46.7 Å². The van der Waals surface area contributed by atoms with Crippen LogP contribution in [0.2, 0.25) is 0 Å². The van der Waals surface area contributed by atoms with Crippen LogP contribution in [0.25, 0.3) is 5.69 Å². The van der Waals surface area contributed by atoms with E-state index in [9.17, 15) is 35.9 Å². The predicted molar refractivity (Wildman–Crippen MR) is 113 cm³/mol. The minimum absolute atomic E-state index is 0.00398. The number of pyridine rings is 1. The van der Waals surface area contributed by atoms with Crippen molar-refractivity contribution in [1.82, 2.24) is 19.0 Å². The fraction of sp³-hybridized carbons (Fsp3) is 0.348. The normalized spacial score (nSPS) is 16.5. The average Bonchev–Trinajstić information content (AvgIpc) is 3.25. The molecule has 1 atom stereocenters. The standard InChI is InChI=1S/C23H20F6N4O2/c1-3-17-11-31(12-30-17)18-4-5-19-21(35)32(13(2)9-33(19)20(18)34)10-14-6-15(22(24,25)26)8-16(7-14)23(27,28)29/h4-8,11-13H,3,9-10H2,1-2H3/t13-/m1/s1. The largest absolute Gasteiger partial charge is 0.416 e. The van der Waals surface area contributed by atoms with Gasteiger partial charge in [-0.3, -0.25) is 9.59 Å². The number of nitrogens with zero attached hydrogens (tertiary/aromatic N) is 4. The van der Waals surface area contributed by atoms with Gasteiger partial charge in [-0.15, -0.1) is 0 Å². The van der Waals surface area contributed by atoms with Crippen LogP contribution in [0.5, 0.6) is 0 Å². The topological polar surface area (TPSA) is 60.1 Å². The molecule has 0 bridgehead atoms. The van der Waals surface area contributed by atoms with E-state index in [4.69, 9.17) is 0 Å². The number of hydrogen-bond acceptors (Lipinski definition) is 3. The van der Waals surface area contributed by atoms with Gasteiger partial charge in [-0.05, 0) is 49.2 Å². The summed E-state index contributed by atoms with van der Waals surface area (Å²) in [5, 5.41) is 0. The summed E-state index contributed by atoms with van der Waals surface area (Å²) in [5.41, 5.74) is -2.65. The lowest BCUT2D eigenvalue weighted by Gasteiger charge is -2.35. The third-order valence-electron chi connectivity index (χ3n) is 5.89. The van der Waals surface area contributed by atoms with Crippen LogP contribution >= 0.6 is 0 Å². The van der Waals surface area contributed by atoms with Gasteiger partial charge >= 0.3 is 12.4 Å². The number of amides is 1. The SMILES string of the molecule is CCc1cn(-c2ccc3n(c2=O)C[C@@H](C)N(Cc2cc(C(F)(F)F)cc(C(F)(F)F)c2)C3=O)cn1. The highest BCUT2D eigenvalue weighted by atomic mass is 19.4. The van der Waals surface area contributed by atoms with E-state index in [1.807, 2.05) is 6.92 Å². The molecule has 12 heteroatoms. The van der Waals surface area contributed by atoms with Crippen molar-refractivity contribution < 1.29 is 31.1 Å². The summed E-state index contributed by atoms with van der Waals surface area (Å²) in [4.78, 5) is 31.6. The van der Waals surface area contributed by atoms with Crippen LogP contribution in [0.3, 0.4) is 0 Å². The van der Waals surface area contributed by atoms with Gasteiger partial charge in [0.1, 0.15) is 11.4 Å². The Bertz CT molecular complexity index is 1310. The molecule has 4 rings (SSSR count). The van der Waals surface area contributed by atoms with E-state index in [0.717, 1.165) is 10.6 Å². The van der Waals surface area contributed by atoms with Crippen molar-refractivity contribution in [3.8, 4) is 5.69 Å². The molecule has 0 saturated carbocycles. The molecule has 0 N–H and O–H groups in total. The Balaban J connectivity index is 1.70. The van der Waals surface area contributed by atoms with E-state index in [-0.39, 0.29) is 29.6 Å². The molecular weight excluding hydrogens is 478 g/mol. The molecule has 0 fully saturated rings. The number of hydrogen-bond donors (Lipinski definition) is 0. The van der Waals surface area contributed by atoms with Gasteiger partial charge in [0, 0.05) is 25.3 Å². The molecule has 0 unspecified atom stereocenters. The van der Waals surface area contributed by atoms with Crippen molar-refractivity contribution in [1.29, 1.82) is 0 Å². The molecular formula is C23H20F6N4O2. The summed E-state index contributed by atoms with van der Waals surface area (Å²) in [5.74, 6) is -0.668. The van der Waals surface area contributed by atoms with E-state index in [2.05, 4.69) is 4.98 Å². The molecule has 0 aliphatic carbocycles. The average molecular weight is 498 g/mol. The summed E-state index contributed by atoms with van der Waals surface area (Å²) in [6, 6.07) is 3.43. The van der Waals surface area contributed by atoms with Crippen molar-refractivity contribution in [2.24, 2.45) is 0 Å². The second-order valence-corrected chi connectivity index (χ2v) is 8.34. The second kappa shape index (κ2) is 8.58. The molecule has 1 aliphatic rings. The Morgan fingerprint density at radius 2 is 1.63 bits per heavy atom. The minimum atomic E-state index is -4.99. The van der Waals surface area contributed by atoms with Gasteiger partial charge in [0.2, 0.25) is 0 Å². The third-order valence-corrected chi connectivity index (χ3v) is 5.89. The second-order valence-electron chi connectivity index (χ2n) is 8.34. The summed E-state index contributed by atoms with van der Waals surface area (Å²) in [6.07, 6.45) is -6.15. The van der Waals surface area contributed by atoms with E-state index >= 15 is 0 Å². The number of fused-ring (bicyclic) bond motifs is 1. The Morgan fingerprint density at radius 1 is 1.00 bits per heavy atom. The summed E-state index contributed by atoms with van der Waals surface area (Å²) in [6.45, 7) is 3.02. The first-order valence-electron chi connectivity index (χ1n) is 10.7. The lowest BCUT2D eigenvalue weighted by molar-refractivity contribution is -0.143. The quantitative estimate of drug-likeness (QED) is 0.491. The van der Waals surface area contributed by atoms with Crippen LogP contribution in [-0.4, -0.2) is 31.0 Å². The molecule has 0 saturated heterocycles. The highest BCUT2D eigenvalue weighted by Crippen LogP contribution is 2.37. The molecule has 1 aromatic carbocycles. The highest BCUT2D eigenvalue weighted by Gasteiger charge is 2.38. The van der Waals surface area contributed by atoms with Gasteiger partial charge in [0.15, 0.2) is 0 Å². The summed E-state index contributed by atoms with van der Waals surface area (Å²) in [7, 11) is 0. The maximum atomic E-state index is 13.2. The number of benzene rings is 1. The highest BCUT2D eigenvalue weighted by molar-refractivity contribution is 5.93. The van der Waals surface area contributed by atoms with Crippen molar-refractivity contribution in [2.75, 3.05) is 0 Å². The molecule has 35 heavy (non-hydrogen) atoms. The Kier molecular flexibility index (Phi) is 6.02. The molecule has 1 aliphatic heterocycles. The van der Waals surface area contributed by atoms with Crippen LogP contribution in [0.4, 0.5) is 26.3 Å². The van der Waals surface area contributed by atoms with Crippen molar-refractivity contribution in [3.05, 3.63) is 81.3 Å². The zero-order chi connectivity index (χ0) is 25.7. The van der Waals surface area contributed by atoms with Gasteiger partial charge in [-0.1, -0.05) is 6.92 Å². The van der Waals surface area contributed by atoms with E-state index < -0.39 is 47.5 Å². The third kappa shape index (κ3) is 4.69. The van der Waals surface area contributed by atoms with E-state index in [0.29, 0.717) is 18.6 Å². The molecule has 1 amide bonds. The first kappa shape index (κ1) is 24.6. The zero-order valence-electron chi connectivity index (χ0n) is 18.6. The number of aryl methyl sites for hydroxylation is 1. The smallest absolute Gasteiger partial charge is 0.329 e. The number of rotatable bonds is 4. The molecule has 0 radical (unpaired) electrons. The number of aromatic nitrogens is 3. The molecule has 3 aromatic rings. The van der Waals surface area contributed by atoms with Gasteiger partial charge < -0.3 is 14.0 Å². The lowest BCUT2D eigenvalue weighted by atomic mass is 10.0. The Labute approximate surface area is 195 Å². The van der Waals surface area contributed by atoms with Crippen molar-refractivity contribution >= 4 is 5.91 Å². The first-order chi connectivity index (χ1) is 16.3. The van der Waals surface area contributed by atoms with Crippen molar-refractivity contribution in [3.63, 3.8) is 0 Å². The Hall–Kier alpha value is -3.57. The lowest BCUT2D eigenvalue weighted by Crippen LogP contribution is -2.49. The maximum absolute atomic E-state index is 13.2. The number of carbonyl (C=O) groups excluding carboxylic acids is 1. The maximum Gasteiger partial charge on any atom is 0.416 e. The monoisotopic (exact) mass is 498 g/mol. The molecule has 3 heterocycles. The van der Waals surface area contributed by atoms with Crippen LogP contribution < -0.4 is 5.56 Å². The number of alkyl halides is 6.